The zero-order valence-electron chi connectivity index (χ0n) is 30.0. The Morgan fingerprint density at radius 1 is 0.407 bits per heavy atom. The molecule has 0 fully saturated rings. The van der Waals surface area contributed by atoms with Gasteiger partial charge in [-0.15, -0.1) is 11.3 Å². The molecule has 11 rings (SSSR count). The summed E-state index contributed by atoms with van der Waals surface area (Å²) < 4.78 is 8.70. The molecular weight excluding hydrogens is 675 g/mol. The van der Waals surface area contributed by atoms with Crippen molar-refractivity contribution in [3.8, 4) is 33.4 Å². The third kappa shape index (κ3) is 4.79. The van der Waals surface area contributed by atoms with Gasteiger partial charge in [0, 0.05) is 53.4 Å². The largest absolute Gasteiger partial charge is 0.456 e. The zero-order chi connectivity index (χ0) is 36.0. The summed E-state index contributed by atoms with van der Waals surface area (Å²) in [6.07, 6.45) is 0. The van der Waals surface area contributed by atoms with Crippen molar-refractivity contribution < 1.29 is 4.42 Å². The van der Waals surface area contributed by atoms with E-state index in [0.29, 0.717) is 0 Å². The summed E-state index contributed by atoms with van der Waals surface area (Å²) in [6, 6.07) is 64.3. The van der Waals surface area contributed by atoms with Crippen molar-refractivity contribution in [3.05, 3.63) is 187 Å². The third-order valence-corrected chi connectivity index (χ3v) is 12.6. The molecule has 54 heavy (non-hydrogen) atoms. The average Bonchev–Trinajstić information content (AvgIpc) is 3.85. The smallest absolute Gasteiger partial charge is 0.135 e. The van der Waals surface area contributed by atoms with E-state index in [9.17, 15) is 0 Å². The van der Waals surface area contributed by atoms with Crippen LogP contribution >= 0.6 is 11.3 Å². The molecule has 0 aliphatic heterocycles. The quantitative estimate of drug-likeness (QED) is 0.177. The van der Waals surface area contributed by atoms with Gasteiger partial charge in [0.25, 0.3) is 0 Å². The molecule has 0 atom stereocenters. The van der Waals surface area contributed by atoms with Gasteiger partial charge in [0.1, 0.15) is 11.2 Å². The van der Waals surface area contributed by atoms with E-state index < -0.39 is 0 Å². The second-order valence-corrected chi connectivity index (χ2v) is 16.0. The Labute approximate surface area is 318 Å². The van der Waals surface area contributed by atoms with E-state index in [1.165, 1.54) is 64.7 Å². The topological polar surface area (TPSA) is 16.4 Å². The Bertz CT molecular complexity index is 3070. The molecule has 3 heteroatoms. The summed E-state index contributed by atoms with van der Waals surface area (Å²) in [7, 11) is 0. The highest BCUT2D eigenvalue weighted by Crippen LogP contribution is 2.51. The lowest BCUT2D eigenvalue weighted by Gasteiger charge is -2.28. The molecule has 1 aliphatic rings. The number of benzene rings is 8. The molecule has 2 aromatic heterocycles. The minimum atomic E-state index is -0.0881. The van der Waals surface area contributed by atoms with E-state index in [0.717, 1.165) is 39.0 Å². The molecule has 0 saturated heterocycles. The number of nitrogens with zero attached hydrogens (tertiary/aromatic N) is 1. The molecule has 1 aliphatic carbocycles. The van der Waals surface area contributed by atoms with Crippen molar-refractivity contribution in [1.29, 1.82) is 0 Å². The van der Waals surface area contributed by atoms with E-state index >= 15 is 0 Å². The van der Waals surface area contributed by atoms with Crippen molar-refractivity contribution >= 4 is 70.5 Å². The average molecular weight is 710 g/mol. The highest BCUT2D eigenvalue weighted by molar-refractivity contribution is 7.25. The first-order valence-corrected chi connectivity index (χ1v) is 19.4. The van der Waals surface area contributed by atoms with Gasteiger partial charge in [-0.3, -0.25) is 0 Å². The van der Waals surface area contributed by atoms with Crippen LogP contribution in [-0.4, -0.2) is 0 Å². The van der Waals surface area contributed by atoms with Crippen molar-refractivity contribution in [1.82, 2.24) is 0 Å². The number of furan rings is 1. The summed E-state index contributed by atoms with van der Waals surface area (Å²) in [5.74, 6) is 0. The fourth-order valence-corrected chi connectivity index (χ4v) is 9.78. The van der Waals surface area contributed by atoms with Gasteiger partial charge in [0.2, 0.25) is 0 Å². The number of thiophene rings is 1. The first kappa shape index (κ1) is 31.1. The Balaban J connectivity index is 0.979. The van der Waals surface area contributed by atoms with Crippen LogP contribution in [0, 0.1) is 0 Å². The number of rotatable bonds is 5. The number of anilines is 3. The van der Waals surface area contributed by atoms with Crippen LogP contribution in [0.15, 0.2) is 180 Å². The third-order valence-electron chi connectivity index (χ3n) is 11.5. The number of fused-ring (bicyclic) bond motifs is 9. The highest BCUT2D eigenvalue weighted by Gasteiger charge is 2.35. The number of para-hydroxylation sites is 1. The van der Waals surface area contributed by atoms with Crippen molar-refractivity contribution in [2.45, 2.75) is 19.3 Å². The second kappa shape index (κ2) is 11.8. The van der Waals surface area contributed by atoms with Crippen LogP contribution in [-0.2, 0) is 5.41 Å². The fourth-order valence-electron chi connectivity index (χ4n) is 8.70. The maximum absolute atomic E-state index is 6.07. The Kier molecular flexibility index (Phi) is 6.80. The Hall–Kier alpha value is -6.42. The molecule has 0 saturated carbocycles. The predicted octanol–water partition coefficient (Wildman–Crippen LogP) is 15.1. The van der Waals surface area contributed by atoms with Gasteiger partial charge >= 0.3 is 0 Å². The number of hydrogen-bond donors (Lipinski definition) is 0. The monoisotopic (exact) mass is 709 g/mol. The van der Waals surface area contributed by atoms with E-state index in [4.69, 9.17) is 4.42 Å². The van der Waals surface area contributed by atoms with E-state index in [-0.39, 0.29) is 5.41 Å². The molecular formula is C51H35NOS. The molecule has 256 valence electrons. The Morgan fingerprint density at radius 2 is 0.981 bits per heavy atom. The van der Waals surface area contributed by atoms with Gasteiger partial charge < -0.3 is 9.32 Å². The van der Waals surface area contributed by atoms with E-state index in [1.807, 2.05) is 23.5 Å². The van der Waals surface area contributed by atoms with Crippen LogP contribution in [0.3, 0.4) is 0 Å². The lowest BCUT2D eigenvalue weighted by Crippen LogP contribution is -2.16. The molecule has 0 radical (unpaired) electrons. The lowest BCUT2D eigenvalue weighted by molar-refractivity contribution is 0.660. The van der Waals surface area contributed by atoms with Crippen LogP contribution in [0.5, 0.6) is 0 Å². The highest BCUT2D eigenvalue weighted by atomic mass is 32.1. The summed E-state index contributed by atoms with van der Waals surface area (Å²) in [4.78, 5) is 2.42. The minimum Gasteiger partial charge on any atom is -0.456 e. The van der Waals surface area contributed by atoms with Gasteiger partial charge in [-0.1, -0.05) is 123 Å². The maximum Gasteiger partial charge on any atom is 0.135 e. The minimum absolute atomic E-state index is 0.0881. The SMILES string of the molecule is CC1(C)c2ccccc2-c2ccc(N(c3ccc(-c4ccc(-c5ccc6oc7ccccc7c6c5)cc4)cc3)c3ccc4sc5ccccc5c4c3)cc21. The van der Waals surface area contributed by atoms with Crippen LogP contribution in [0.2, 0.25) is 0 Å². The molecule has 8 aromatic carbocycles. The molecule has 10 aromatic rings. The van der Waals surface area contributed by atoms with Gasteiger partial charge in [-0.05, 0) is 111 Å². The summed E-state index contributed by atoms with van der Waals surface area (Å²) in [6.45, 7) is 4.71. The predicted molar refractivity (Wildman–Crippen MR) is 230 cm³/mol. The van der Waals surface area contributed by atoms with Crippen LogP contribution in [0.25, 0.3) is 75.5 Å². The molecule has 0 bridgehead atoms. The summed E-state index contributed by atoms with van der Waals surface area (Å²) >= 11 is 1.86. The number of hydrogen-bond acceptors (Lipinski definition) is 3. The molecule has 2 nitrogen and oxygen atoms in total. The maximum atomic E-state index is 6.07. The zero-order valence-corrected chi connectivity index (χ0v) is 30.8. The van der Waals surface area contributed by atoms with Gasteiger partial charge in [-0.2, -0.15) is 0 Å². The molecule has 0 N–H and O–H groups in total. The Morgan fingerprint density at radius 3 is 1.81 bits per heavy atom. The van der Waals surface area contributed by atoms with Crippen molar-refractivity contribution in [2.24, 2.45) is 0 Å². The first-order chi connectivity index (χ1) is 26.5. The standard InChI is InChI=1S/C51H35NOS/c1-51(2)45-12-6-3-9-39(45)40-26-24-38(31-46(40)51)52(37-25-28-50-44(30-37)42-11-5-8-14-49(42)54-50)36-22-19-33(20-23-36)32-15-17-34(18-16-32)35-21-27-48-43(29-35)41-10-4-7-13-47(41)53-48/h3-31H,1-2H3. The second-order valence-electron chi connectivity index (χ2n) is 14.9. The summed E-state index contributed by atoms with van der Waals surface area (Å²) in [5.41, 5.74) is 15.4. The summed E-state index contributed by atoms with van der Waals surface area (Å²) in [5, 5.41) is 4.90. The van der Waals surface area contributed by atoms with Crippen molar-refractivity contribution in [3.63, 3.8) is 0 Å². The van der Waals surface area contributed by atoms with E-state index in [2.05, 4.69) is 183 Å². The van der Waals surface area contributed by atoms with Gasteiger partial charge in [0.15, 0.2) is 0 Å². The van der Waals surface area contributed by atoms with Crippen LogP contribution in [0.1, 0.15) is 25.0 Å². The molecule has 0 unspecified atom stereocenters. The van der Waals surface area contributed by atoms with Crippen LogP contribution in [0.4, 0.5) is 17.1 Å². The van der Waals surface area contributed by atoms with Crippen LogP contribution < -0.4 is 4.90 Å². The molecule has 2 heterocycles. The van der Waals surface area contributed by atoms with E-state index in [1.54, 1.807) is 0 Å². The fraction of sp³-hybridized carbons (Fsp3) is 0.0588. The van der Waals surface area contributed by atoms with Gasteiger partial charge in [0.05, 0.1) is 0 Å². The molecule has 0 spiro atoms. The molecule has 0 amide bonds. The normalized spacial score (nSPS) is 13.1. The van der Waals surface area contributed by atoms with Crippen molar-refractivity contribution in [2.75, 3.05) is 4.90 Å². The van der Waals surface area contributed by atoms with Gasteiger partial charge in [-0.25, -0.2) is 0 Å². The lowest BCUT2D eigenvalue weighted by atomic mass is 9.82. The first-order valence-electron chi connectivity index (χ1n) is 18.6.